The predicted molar refractivity (Wildman–Crippen MR) is 107 cm³/mol. The first kappa shape index (κ1) is 21.2. The second-order valence-electron chi connectivity index (χ2n) is 6.25. The molecule has 8 heteroatoms. The molecule has 1 amide bonds. The maximum absolute atomic E-state index is 11.5. The molecule has 0 fully saturated rings. The van der Waals surface area contributed by atoms with Gasteiger partial charge < -0.3 is 20.2 Å². The molecule has 0 bridgehead atoms. The van der Waals surface area contributed by atoms with E-state index < -0.39 is 17.5 Å². The summed E-state index contributed by atoms with van der Waals surface area (Å²) in [6.45, 7) is 6.08. The number of rotatable bonds is 6. The molecule has 0 aliphatic rings. The number of aryl methyl sites for hydroxylation is 1. The zero-order valence-corrected chi connectivity index (χ0v) is 16.7. The minimum Gasteiger partial charge on any atom is -0.488 e. The van der Waals surface area contributed by atoms with Gasteiger partial charge in [-0.05, 0) is 44.5 Å². The molecule has 0 aliphatic heterocycles. The SMILES string of the molecule is CCC(C)Oc1cc(Oc2ccc(C)cc2)cc2cc(C(N)=O)[nH]c12.O=S=O. The lowest BCUT2D eigenvalue weighted by molar-refractivity contribution is 0.0996. The van der Waals surface area contributed by atoms with E-state index in [1.54, 1.807) is 6.07 Å². The van der Waals surface area contributed by atoms with Gasteiger partial charge in [0.25, 0.3) is 5.91 Å². The van der Waals surface area contributed by atoms with Gasteiger partial charge in [0.05, 0.1) is 11.6 Å². The van der Waals surface area contributed by atoms with E-state index in [-0.39, 0.29) is 6.10 Å². The monoisotopic (exact) mass is 402 g/mol. The molecule has 0 spiro atoms. The summed E-state index contributed by atoms with van der Waals surface area (Å²) in [4.78, 5) is 14.5. The highest BCUT2D eigenvalue weighted by atomic mass is 32.1. The highest BCUT2D eigenvalue weighted by molar-refractivity contribution is 7.51. The van der Waals surface area contributed by atoms with Crippen molar-refractivity contribution in [2.45, 2.75) is 33.3 Å². The summed E-state index contributed by atoms with van der Waals surface area (Å²) >= 11 is -0.750. The van der Waals surface area contributed by atoms with E-state index in [2.05, 4.69) is 11.9 Å². The van der Waals surface area contributed by atoms with Crippen molar-refractivity contribution in [3.63, 3.8) is 0 Å². The van der Waals surface area contributed by atoms with Crippen molar-refractivity contribution in [3.05, 3.63) is 53.7 Å². The van der Waals surface area contributed by atoms with Gasteiger partial charge >= 0.3 is 11.6 Å². The number of benzene rings is 2. The van der Waals surface area contributed by atoms with E-state index >= 15 is 0 Å². The Morgan fingerprint density at radius 3 is 2.36 bits per heavy atom. The lowest BCUT2D eigenvalue weighted by atomic mass is 10.2. The summed E-state index contributed by atoms with van der Waals surface area (Å²) in [5.74, 6) is 1.52. The van der Waals surface area contributed by atoms with Crippen LogP contribution in [0.1, 0.15) is 36.3 Å². The highest BCUT2D eigenvalue weighted by Gasteiger charge is 2.14. The van der Waals surface area contributed by atoms with Crippen LogP contribution in [0.5, 0.6) is 17.2 Å². The molecule has 3 rings (SSSR count). The van der Waals surface area contributed by atoms with Crippen molar-refractivity contribution < 1.29 is 22.7 Å². The number of aromatic nitrogens is 1. The highest BCUT2D eigenvalue weighted by Crippen LogP contribution is 2.34. The molecule has 0 aliphatic carbocycles. The van der Waals surface area contributed by atoms with Gasteiger partial charge in [0.2, 0.25) is 0 Å². The molecule has 1 atom stereocenters. The Balaban J connectivity index is 0.000000878. The van der Waals surface area contributed by atoms with E-state index in [1.807, 2.05) is 50.2 Å². The molecule has 1 heterocycles. The number of hydrogen-bond donors (Lipinski definition) is 2. The summed E-state index contributed by atoms with van der Waals surface area (Å²) < 4.78 is 28.5. The third kappa shape index (κ3) is 5.43. The zero-order chi connectivity index (χ0) is 20.7. The summed E-state index contributed by atoms with van der Waals surface area (Å²) in [5, 5.41) is 0.816. The van der Waals surface area contributed by atoms with Crippen molar-refractivity contribution >= 4 is 28.4 Å². The number of nitrogens with one attached hydrogen (secondary N) is 1. The third-order valence-corrected chi connectivity index (χ3v) is 4.09. The first-order valence-corrected chi connectivity index (χ1v) is 9.34. The number of hydrogen-bond acceptors (Lipinski definition) is 5. The fourth-order valence-corrected chi connectivity index (χ4v) is 2.51. The van der Waals surface area contributed by atoms with Crippen LogP contribution >= 0.6 is 0 Å². The second-order valence-corrected chi connectivity index (χ2v) is 6.39. The van der Waals surface area contributed by atoms with Crippen molar-refractivity contribution in [3.8, 4) is 17.2 Å². The molecule has 1 unspecified atom stereocenters. The van der Waals surface area contributed by atoms with Crippen LogP contribution in [0.15, 0.2) is 42.5 Å². The Morgan fingerprint density at radius 2 is 1.79 bits per heavy atom. The Morgan fingerprint density at radius 1 is 1.14 bits per heavy atom. The number of aromatic amines is 1. The number of carbonyl (C=O) groups is 1. The number of carbonyl (C=O) groups excluding carboxylic acids is 1. The van der Waals surface area contributed by atoms with Crippen LogP contribution in [-0.2, 0) is 11.6 Å². The van der Waals surface area contributed by atoms with Crippen LogP contribution in [0.2, 0.25) is 0 Å². The Labute approximate surface area is 166 Å². The number of fused-ring (bicyclic) bond motifs is 1. The molecule has 28 heavy (non-hydrogen) atoms. The summed E-state index contributed by atoms with van der Waals surface area (Å²) in [7, 11) is 0. The van der Waals surface area contributed by atoms with Crippen molar-refractivity contribution in [1.82, 2.24) is 4.98 Å². The minimum absolute atomic E-state index is 0.0400. The molecular formula is C20H22N2O5S. The normalized spacial score (nSPS) is 11.2. The summed E-state index contributed by atoms with van der Waals surface area (Å²) in [6.07, 6.45) is 0.909. The van der Waals surface area contributed by atoms with Gasteiger partial charge in [-0.3, -0.25) is 4.79 Å². The lowest BCUT2D eigenvalue weighted by Crippen LogP contribution is -2.11. The van der Waals surface area contributed by atoms with Gasteiger partial charge in [-0.25, -0.2) is 0 Å². The number of ether oxygens (including phenoxy) is 2. The van der Waals surface area contributed by atoms with Gasteiger partial charge in [0.15, 0.2) is 0 Å². The second kappa shape index (κ2) is 9.70. The van der Waals surface area contributed by atoms with E-state index in [9.17, 15) is 4.79 Å². The molecule has 1 aromatic heterocycles. The van der Waals surface area contributed by atoms with Crippen molar-refractivity contribution in [1.29, 1.82) is 0 Å². The molecule has 148 valence electrons. The largest absolute Gasteiger partial charge is 0.488 e. The maximum Gasteiger partial charge on any atom is 0.335 e. The quantitative estimate of drug-likeness (QED) is 0.650. The van der Waals surface area contributed by atoms with Gasteiger partial charge in [0, 0.05) is 11.5 Å². The molecule has 0 saturated carbocycles. The average Bonchev–Trinajstić information content (AvgIpc) is 3.09. The van der Waals surface area contributed by atoms with E-state index in [0.717, 1.165) is 23.1 Å². The van der Waals surface area contributed by atoms with Gasteiger partial charge in [-0.1, -0.05) is 24.6 Å². The van der Waals surface area contributed by atoms with E-state index in [4.69, 9.17) is 23.6 Å². The zero-order valence-electron chi connectivity index (χ0n) is 15.9. The first-order chi connectivity index (χ1) is 13.4. The number of amides is 1. The Kier molecular flexibility index (Phi) is 7.34. The maximum atomic E-state index is 11.5. The van der Waals surface area contributed by atoms with E-state index in [1.165, 1.54) is 5.56 Å². The molecule has 0 saturated heterocycles. The smallest absolute Gasteiger partial charge is 0.335 e. The first-order valence-electron chi connectivity index (χ1n) is 8.67. The molecule has 2 aromatic carbocycles. The fourth-order valence-electron chi connectivity index (χ4n) is 2.51. The lowest BCUT2D eigenvalue weighted by Gasteiger charge is -2.15. The number of primary amides is 1. The predicted octanol–water partition coefficient (Wildman–Crippen LogP) is 3.87. The molecule has 7 nitrogen and oxygen atoms in total. The molecule has 3 N–H and O–H groups in total. The number of H-pyrrole nitrogens is 1. The third-order valence-electron chi connectivity index (χ3n) is 4.09. The fraction of sp³-hybridized carbons (Fsp3) is 0.250. The summed E-state index contributed by atoms with van der Waals surface area (Å²) in [5.41, 5.74) is 7.64. The Hall–Kier alpha value is -3.13. The minimum atomic E-state index is -0.750. The average molecular weight is 402 g/mol. The van der Waals surface area contributed by atoms with Crippen molar-refractivity contribution in [2.24, 2.45) is 5.73 Å². The molecule has 0 radical (unpaired) electrons. The topological polar surface area (TPSA) is 111 Å². The van der Waals surface area contributed by atoms with Gasteiger partial charge in [-0.2, -0.15) is 8.42 Å². The van der Waals surface area contributed by atoms with Crippen LogP contribution in [0.4, 0.5) is 0 Å². The van der Waals surface area contributed by atoms with E-state index in [0.29, 0.717) is 17.2 Å². The summed E-state index contributed by atoms with van der Waals surface area (Å²) in [6, 6.07) is 13.2. The van der Waals surface area contributed by atoms with Gasteiger partial charge in [-0.15, -0.1) is 0 Å². The van der Waals surface area contributed by atoms with Crippen LogP contribution < -0.4 is 15.2 Å². The standard InChI is InChI=1S/C20H22N2O3.O2S/c1-4-13(3)24-18-11-16(25-15-7-5-12(2)6-8-15)9-14-10-17(20(21)23)22-19(14)18;1-3-2/h5-11,13,22H,4H2,1-3H3,(H2,21,23);. The van der Waals surface area contributed by atoms with Gasteiger partial charge in [0.1, 0.15) is 22.9 Å². The molecular weight excluding hydrogens is 380 g/mol. The molecule has 3 aromatic rings. The van der Waals surface area contributed by atoms with Crippen LogP contribution in [0.25, 0.3) is 10.9 Å². The van der Waals surface area contributed by atoms with Crippen LogP contribution in [0, 0.1) is 6.92 Å². The van der Waals surface area contributed by atoms with Crippen LogP contribution in [-0.4, -0.2) is 25.4 Å². The Bertz CT molecular complexity index is 992. The number of nitrogens with two attached hydrogens (primary N) is 1. The van der Waals surface area contributed by atoms with Crippen molar-refractivity contribution in [2.75, 3.05) is 0 Å². The van der Waals surface area contributed by atoms with Crippen LogP contribution in [0.3, 0.4) is 0 Å².